The zero-order valence-electron chi connectivity index (χ0n) is 17.2. The molecule has 3 heteroatoms. The number of hydrogen-bond acceptors (Lipinski definition) is 3. The highest BCUT2D eigenvalue weighted by molar-refractivity contribution is 5.88. The molecule has 0 amide bonds. The lowest BCUT2D eigenvalue weighted by molar-refractivity contribution is 0.0334. The molecule has 0 aromatic heterocycles. The second-order valence-electron chi connectivity index (χ2n) is 7.39. The van der Waals surface area contributed by atoms with Gasteiger partial charge in [0.15, 0.2) is 0 Å². The molecule has 0 heterocycles. The molecule has 0 aliphatic heterocycles. The van der Waals surface area contributed by atoms with Gasteiger partial charge in [0, 0.05) is 11.5 Å². The third-order valence-corrected chi connectivity index (χ3v) is 5.32. The first kappa shape index (κ1) is 21.7. The van der Waals surface area contributed by atoms with E-state index in [1.54, 1.807) is 0 Å². The average Bonchev–Trinajstić information content (AvgIpc) is 2.73. The Labute approximate surface area is 169 Å². The molecule has 2 rings (SSSR count). The Kier molecular flexibility index (Phi) is 8.73. The largest absolute Gasteiger partial charge is 0.373 e. The minimum absolute atomic E-state index is 0.0315. The molecule has 0 spiro atoms. The van der Waals surface area contributed by atoms with Crippen molar-refractivity contribution in [3.63, 3.8) is 0 Å². The zero-order chi connectivity index (χ0) is 20.4. The van der Waals surface area contributed by atoms with E-state index in [9.17, 15) is 10.5 Å². The minimum atomic E-state index is 0.0315. The van der Waals surface area contributed by atoms with E-state index in [2.05, 4.69) is 45.1 Å². The lowest BCUT2D eigenvalue weighted by Gasteiger charge is -2.26. The standard InChI is InChI=1S/C25H30N2O/c1-4-6-10-20(5-2)18-28-24-14-13-22(15-19(24)3)25(23(16-26)17-27)21-11-8-7-9-12-21/h7-9,11-15,19-20,24H,4-6,10,18H2,1-3H3. The number of nitriles is 2. The van der Waals surface area contributed by atoms with Crippen LogP contribution in [0.2, 0.25) is 0 Å². The van der Waals surface area contributed by atoms with Crippen molar-refractivity contribution in [3.8, 4) is 12.1 Å². The fourth-order valence-electron chi connectivity index (χ4n) is 3.52. The van der Waals surface area contributed by atoms with Crippen LogP contribution in [0.3, 0.4) is 0 Å². The fourth-order valence-corrected chi connectivity index (χ4v) is 3.52. The summed E-state index contributed by atoms with van der Waals surface area (Å²) < 4.78 is 6.21. The van der Waals surface area contributed by atoms with Crippen LogP contribution in [0, 0.1) is 34.5 Å². The number of ether oxygens (including phenoxy) is 1. The van der Waals surface area contributed by atoms with E-state index in [4.69, 9.17) is 4.74 Å². The second kappa shape index (κ2) is 11.3. The van der Waals surface area contributed by atoms with Crippen molar-refractivity contribution in [2.45, 2.75) is 52.6 Å². The Morgan fingerprint density at radius 2 is 1.86 bits per heavy atom. The quantitative estimate of drug-likeness (QED) is 0.482. The second-order valence-corrected chi connectivity index (χ2v) is 7.39. The molecule has 0 saturated carbocycles. The number of benzene rings is 1. The average molecular weight is 375 g/mol. The summed E-state index contributed by atoms with van der Waals surface area (Å²) in [5, 5.41) is 18.9. The summed E-state index contributed by atoms with van der Waals surface area (Å²) in [5.74, 6) is 0.788. The third kappa shape index (κ3) is 5.69. The number of unbranched alkanes of at least 4 members (excludes halogenated alkanes) is 1. The van der Waals surface area contributed by atoms with E-state index in [1.165, 1.54) is 19.3 Å². The van der Waals surface area contributed by atoms with Crippen molar-refractivity contribution in [2.24, 2.45) is 11.8 Å². The molecule has 0 N–H and O–H groups in total. The molecule has 1 aliphatic rings. The fraction of sp³-hybridized carbons (Fsp3) is 0.440. The summed E-state index contributed by atoms with van der Waals surface area (Å²) >= 11 is 0. The number of hydrogen-bond donors (Lipinski definition) is 0. The lowest BCUT2D eigenvalue weighted by Crippen LogP contribution is -2.24. The topological polar surface area (TPSA) is 56.8 Å². The number of allylic oxidation sites excluding steroid dienone is 4. The van der Waals surface area contributed by atoms with Crippen molar-refractivity contribution in [2.75, 3.05) is 6.61 Å². The van der Waals surface area contributed by atoms with Gasteiger partial charge in [-0.2, -0.15) is 10.5 Å². The highest BCUT2D eigenvalue weighted by Gasteiger charge is 2.22. The van der Waals surface area contributed by atoms with E-state index in [0.29, 0.717) is 11.5 Å². The Bertz CT molecular complexity index is 789. The van der Waals surface area contributed by atoms with Gasteiger partial charge >= 0.3 is 0 Å². The summed E-state index contributed by atoms with van der Waals surface area (Å²) in [6, 6.07) is 13.8. The van der Waals surface area contributed by atoms with Crippen LogP contribution in [0.15, 0.2) is 59.7 Å². The first-order chi connectivity index (χ1) is 13.6. The van der Waals surface area contributed by atoms with E-state index in [1.807, 2.05) is 36.4 Å². The monoisotopic (exact) mass is 374 g/mol. The van der Waals surface area contributed by atoms with Crippen LogP contribution in [0.5, 0.6) is 0 Å². The van der Waals surface area contributed by atoms with Crippen molar-refractivity contribution in [3.05, 3.63) is 65.3 Å². The van der Waals surface area contributed by atoms with Gasteiger partial charge in [0.2, 0.25) is 0 Å². The van der Waals surface area contributed by atoms with E-state index in [0.717, 1.165) is 24.2 Å². The van der Waals surface area contributed by atoms with Crippen LogP contribution in [0.1, 0.15) is 52.0 Å². The first-order valence-electron chi connectivity index (χ1n) is 10.3. The highest BCUT2D eigenvalue weighted by atomic mass is 16.5. The SMILES string of the molecule is CCCCC(CC)COC1C=CC(C(=C(C#N)C#N)c2ccccc2)=CC1C. The van der Waals surface area contributed by atoms with Crippen LogP contribution in [0.25, 0.3) is 5.57 Å². The number of rotatable bonds is 9. The van der Waals surface area contributed by atoms with Crippen LogP contribution in [-0.4, -0.2) is 12.7 Å². The smallest absolute Gasteiger partial charge is 0.138 e. The summed E-state index contributed by atoms with van der Waals surface area (Å²) in [7, 11) is 0. The van der Waals surface area contributed by atoms with Crippen LogP contribution >= 0.6 is 0 Å². The molecule has 3 unspecified atom stereocenters. The van der Waals surface area contributed by atoms with Gasteiger partial charge in [-0.15, -0.1) is 0 Å². The van der Waals surface area contributed by atoms with Crippen LogP contribution in [-0.2, 0) is 4.74 Å². The molecule has 0 radical (unpaired) electrons. The zero-order valence-corrected chi connectivity index (χ0v) is 17.2. The lowest BCUT2D eigenvalue weighted by atomic mass is 9.86. The Balaban J connectivity index is 2.18. The molecule has 0 bridgehead atoms. The number of nitrogens with zero attached hydrogens (tertiary/aromatic N) is 2. The molecule has 1 aromatic rings. The molecule has 0 fully saturated rings. The maximum Gasteiger partial charge on any atom is 0.138 e. The highest BCUT2D eigenvalue weighted by Crippen LogP contribution is 2.32. The van der Waals surface area contributed by atoms with Gasteiger partial charge < -0.3 is 4.74 Å². The van der Waals surface area contributed by atoms with Gasteiger partial charge in [0.1, 0.15) is 17.7 Å². The minimum Gasteiger partial charge on any atom is -0.373 e. The van der Waals surface area contributed by atoms with Crippen molar-refractivity contribution in [1.29, 1.82) is 10.5 Å². The maximum atomic E-state index is 9.44. The normalized spacial score (nSPS) is 19.2. The van der Waals surface area contributed by atoms with E-state index >= 15 is 0 Å². The Morgan fingerprint density at radius 1 is 1.14 bits per heavy atom. The molecule has 3 nitrogen and oxygen atoms in total. The maximum absolute atomic E-state index is 9.44. The molecule has 28 heavy (non-hydrogen) atoms. The summed E-state index contributed by atoms with van der Waals surface area (Å²) in [5.41, 5.74) is 2.63. The van der Waals surface area contributed by atoms with Gasteiger partial charge in [0.25, 0.3) is 0 Å². The van der Waals surface area contributed by atoms with Crippen LogP contribution in [0.4, 0.5) is 0 Å². The third-order valence-electron chi connectivity index (χ3n) is 5.32. The molecular weight excluding hydrogens is 344 g/mol. The van der Waals surface area contributed by atoms with Gasteiger partial charge in [0.05, 0.1) is 12.7 Å². The molecule has 1 aliphatic carbocycles. The predicted molar refractivity (Wildman–Crippen MR) is 114 cm³/mol. The molecule has 1 aromatic carbocycles. The van der Waals surface area contributed by atoms with E-state index in [-0.39, 0.29) is 17.6 Å². The molecule has 146 valence electrons. The van der Waals surface area contributed by atoms with Gasteiger partial charge in [-0.3, -0.25) is 0 Å². The Hall–Kier alpha value is -2.62. The van der Waals surface area contributed by atoms with Gasteiger partial charge in [-0.05, 0) is 23.5 Å². The summed E-state index contributed by atoms with van der Waals surface area (Å²) in [6.07, 6.45) is 11.0. The van der Waals surface area contributed by atoms with Gasteiger partial charge in [-0.25, -0.2) is 0 Å². The molecule has 3 atom stereocenters. The molecular formula is C25H30N2O. The van der Waals surface area contributed by atoms with Crippen molar-refractivity contribution in [1.82, 2.24) is 0 Å². The first-order valence-corrected chi connectivity index (χ1v) is 10.3. The van der Waals surface area contributed by atoms with Crippen molar-refractivity contribution < 1.29 is 4.74 Å². The summed E-state index contributed by atoms with van der Waals surface area (Å²) in [4.78, 5) is 0. The predicted octanol–water partition coefficient (Wildman–Crippen LogP) is 6.22. The molecule has 0 saturated heterocycles. The summed E-state index contributed by atoms with van der Waals surface area (Å²) in [6.45, 7) is 7.36. The van der Waals surface area contributed by atoms with E-state index < -0.39 is 0 Å². The van der Waals surface area contributed by atoms with Gasteiger partial charge in [-0.1, -0.05) is 88.6 Å². The van der Waals surface area contributed by atoms with Crippen LogP contribution < -0.4 is 0 Å². The Morgan fingerprint density at radius 3 is 2.43 bits per heavy atom. The van der Waals surface area contributed by atoms with Crippen molar-refractivity contribution >= 4 is 5.57 Å².